The number of hydrogen-bond donors (Lipinski definition) is 1. The van der Waals surface area contributed by atoms with Gasteiger partial charge >= 0.3 is 0 Å². The first-order valence-electron chi connectivity index (χ1n) is 7.45. The Labute approximate surface area is 155 Å². The monoisotopic (exact) mass is 366 g/mol. The van der Waals surface area contributed by atoms with E-state index in [1.165, 1.54) is 6.08 Å². The first kappa shape index (κ1) is 17.0. The van der Waals surface area contributed by atoms with Crippen LogP contribution in [0.5, 0.6) is 0 Å². The van der Waals surface area contributed by atoms with Crippen LogP contribution in [-0.2, 0) is 4.79 Å². The van der Waals surface area contributed by atoms with Gasteiger partial charge in [0.2, 0.25) is 0 Å². The van der Waals surface area contributed by atoms with Crippen molar-refractivity contribution in [2.24, 2.45) is 0 Å². The average Bonchev–Trinajstić information content (AvgIpc) is 2.62. The van der Waals surface area contributed by atoms with Crippen LogP contribution in [0.15, 0.2) is 66.2 Å². The zero-order valence-electron chi connectivity index (χ0n) is 13.0. The van der Waals surface area contributed by atoms with Crippen LogP contribution >= 0.6 is 23.2 Å². The van der Waals surface area contributed by atoms with Crippen LogP contribution in [0.3, 0.4) is 0 Å². The molecule has 3 aromatic carbocycles. The number of hydrogen-bond acceptors (Lipinski definition) is 2. The summed E-state index contributed by atoms with van der Waals surface area (Å²) in [6, 6.07) is 20.2. The summed E-state index contributed by atoms with van der Waals surface area (Å²) in [5, 5.41) is 14.8. The lowest BCUT2D eigenvalue weighted by Gasteiger charge is -2.08. The standard InChI is InChI=1S/C20H12Cl2N2O/c21-17-8-4-9-18(22)16(17)11-14(12-23)20(25)24-19-10-3-6-13-5-1-2-7-15(13)19/h1-11H,(H,24,25). The van der Waals surface area contributed by atoms with Crippen LogP contribution in [0.25, 0.3) is 16.8 Å². The molecule has 0 saturated carbocycles. The van der Waals surface area contributed by atoms with Gasteiger partial charge in [0.05, 0.1) is 0 Å². The van der Waals surface area contributed by atoms with Gasteiger partial charge in [0.1, 0.15) is 11.6 Å². The largest absolute Gasteiger partial charge is 0.321 e. The quantitative estimate of drug-likeness (QED) is 0.477. The number of nitrogens with one attached hydrogen (secondary N) is 1. The molecule has 3 rings (SSSR count). The summed E-state index contributed by atoms with van der Waals surface area (Å²) < 4.78 is 0. The number of fused-ring (bicyclic) bond motifs is 1. The van der Waals surface area contributed by atoms with Crippen LogP contribution < -0.4 is 5.32 Å². The fraction of sp³-hybridized carbons (Fsp3) is 0. The highest BCUT2D eigenvalue weighted by Crippen LogP contribution is 2.27. The normalized spacial score (nSPS) is 11.2. The number of nitriles is 1. The van der Waals surface area contributed by atoms with Crippen LogP contribution in [0, 0.1) is 11.3 Å². The van der Waals surface area contributed by atoms with E-state index in [0.717, 1.165) is 10.8 Å². The third kappa shape index (κ3) is 3.66. The summed E-state index contributed by atoms with van der Waals surface area (Å²) in [5.41, 5.74) is 0.993. The Bertz CT molecular complexity index is 1010. The number of anilines is 1. The van der Waals surface area contributed by atoms with E-state index >= 15 is 0 Å². The summed E-state index contributed by atoms with van der Waals surface area (Å²) in [4.78, 5) is 12.5. The fourth-order valence-electron chi connectivity index (χ4n) is 2.47. The lowest BCUT2D eigenvalue weighted by atomic mass is 10.1. The number of amides is 1. The van der Waals surface area contributed by atoms with Crippen molar-refractivity contribution in [2.45, 2.75) is 0 Å². The summed E-state index contributed by atoms with van der Waals surface area (Å²) in [6.07, 6.45) is 1.39. The van der Waals surface area contributed by atoms with Crippen LogP contribution in [0.2, 0.25) is 10.0 Å². The van der Waals surface area contributed by atoms with Gasteiger partial charge in [-0.05, 0) is 29.7 Å². The SMILES string of the molecule is N#CC(=Cc1c(Cl)cccc1Cl)C(=O)Nc1cccc2ccccc12. The summed E-state index contributed by atoms with van der Waals surface area (Å²) >= 11 is 12.2. The highest BCUT2D eigenvalue weighted by Gasteiger charge is 2.13. The Hall–Kier alpha value is -2.80. The predicted octanol–water partition coefficient (Wildman–Crippen LogP) is 5.69. The lowest BCUT2D eigenvalue weighted by molar-refractivity contribution is -0.112. The Balaban J connectivity index is 1.96. The van der Waals surface area contributed by atoms with E-state index in [1.807, 2.05) is 42.5 Å². The van der Waals surface area contributed by atoms with Crippen LogP contribution in [0.1, 0.15) is 5.56 Å². The molecule has 0 bridgehead atoms. The van der Waals surface area contributed by atoms with Crippen LogP contribution in [0.4, 0.5) is 5.69 Å². The van der Waals surface area contributed by atoms with Crippen LogP contribution in [-0.4, -0.2) is 5.91 Å². The first-order chi connectivity index (χ1) is 12.1. The Morgan fingerprint density at radius 1 is 0.960 bits per heavy atom. The summed E-state index contributed by atoms with van der Waals surface area (Å²) in [5.74, 6) is -0.519. The van der Waals surface area contributed by atoms with Crippen molar-refractivity contribution in [1.82, 2.24) is 0 Å². The summed E-state index contributed by atoms with van der Waals surface area (Å²) in [7, 11) is 0. The van der Waals surface area contributed by atoms with E-state index in [2.05, 4.69) is 5.32 Å². The maximum Gasteiger partial charge on any atom is 0.266 e. The molecule has 122 valence electrons. The first-order valence-corrected chi connectivity index (χ1v) is 8.20. The van der Waals surface area contributed by atoms with Crippen molar-refractivity contribution in [3.05, 3.63) is 81.8 Å². The average molecular weight is 367 g/mol. The number of carbonyl (C=O) groups excluding carboxylic acids is 1. The van der Waals surface area contributed by atoms with Gasteiger partial charge in [0.15, 0.2) is 0 Å². The molecule has 3 aromatic rings. The van der Waals surface area contributed by atoms with Gasteiger partial charge in [-0.1, -0.05) is 65.7 Å². The Kier molecular flexibility index (Phi) is 5.04. The minimum Gasteiger partial charge on any atom is -0.321 e. The minimum atomic E-state index is -0.519. The molecule has 0 aliphatic rings. The van der Waals surface area contributed by atoms with Crippen molar-refractivity contribution in [3.63, 3.8) is 0 Å². The maximum atomic E-state index is 12.5. The van der Waals surface area contributed by atoms with Gasteiger partial charge in [-0.2, -0.15) is 5.26 Å². The van der Waals surface area contributed by atoms with E-state index < -0.39 is 5.91 Å². The molecule has 0 spiro atoms. The molecule has 0 atom stereocenters. The molecule has 0 aliphatic carbocycles. The maximum absolute atomic E-state index is 12.5. The van der Waals surface area contributed by atoms with Gasteiger partial charge in [-0.15, -0.1) is 0 Å². The molecule has 5 heteroatoms. The van der Waals surface area contributed by atoms with Gasteiger partial charge in [-0.3, -0.25) is 4.79 Å². The molecule has 0 aromatic heterocycles. The molecule has 25 heavy (non-hydrogen) atoms. The third-order valence-electron chi connectivity index (χ3n) is 3.69. The highest BCUT2D eigenvalue weighted by atomic mass is 35.5. The third-order valence-corrected chi connectivity index (χ3v) is 4.35. The molecular formula is C20H12Cl2N2O. The van der Waals surface area contributed by atoms with Crippen molar-refractivity contribution in [3.8, 4) is 6.07 Å². The number of rotatable bonds is 3. The van der Waals surface area contributed by atoms with Crippen molar-refractivity contribution >= 4 is 51.6 Å². The molecule has 1 N–H and O–H groups in total. The van der Waals surface area contributed by atoms with E-state index in [1.54, 1.807) is 24.3 Å². The molecule has 0 saturated heterocycles. The molecule has 3 nitrogen and oxygen atoms in total. The topological polar surface area (TPSA) is 52.9 Å². The van der Waals surface area contributed by atoms with Gasteiger partial charge in [0, 0.05) is 26.7 Å². The number of nitrogens with zero attached hydrogens (tertiary/aromatic N) is 1. The number of benzene rings is 3. The van der Waals surface area contributed by atoms with Crippen molar-refractivity contribution < 1.29 is 4.79 Å². The summed E-state index contributed by atoms with van der Waals surface area (Å²) in [6.45, 7) is 0. The molecule has 0 radical (unpaired) electrons. The lowest BCUT2D eigenvalue weighted by Crippen LogP contribution is -2.13. The van der Waals surface area contributed by atoms with Gasteiger partial charge < -0.3 is 5.32 Å². The second-order valence-corrected chi connectivity index (χ2v) is 6.10. The predicted molar refractivity (Wildman–Crippen MR) is 103 cm³/mol. The number of halogens is 2. The molecule has 1 amide bonds. The molecule has 0 fully saturated rings. The van der Waals surface area contributed by atoms with E-state index in [-0.39, 0.29) is 5.57 Å². The van der Waals surface area contributed by atoms with E-state index in [9.17, 15) is 10.1 Å². The zero-order valence-corrected chi connectivity index (χ0v) is 14.5. The smallest absolute Gasteiger partial charge is 0.266 e. The second-order valence-electron chi connectivity index (χ2n) is 5.29. The molecule has 0 unspecified atom stereocenters. The number of carbonyl (C=O) groups is 1. The Morgan fingerprint density at radius 2 is 1.60 bits per heavy atom. The van der Waals surface area contributed by atoms with E-state index in [0.29, 0.717) is 21.3 Å². The minimum absolute atomic E-state index is 0.0806. The van der Waals surface area contributed by atoms with Gasteiger partial charge in [0.25, 0.3) is 5.91 Å². The molecule has 0 heterocycles. The van der Waals surface area contributed by atoms with E-state index in [4.69, 9.17) is 23.2 Å². The van der Waals surface area contributed by atoms with Crippen molar-refractivity contribution in [2.75, 3.05) is 5.32 Å². The molecular weight excluding hydrogens is 355 g/mol. The highest BCUT2D eigenvalue weighted by molar-refractivity contribution is 6.37. The molecule has 0 aliphatic heterocycles. The second kappa shape index (κ2) is 7.40. The van der Waals surface area contributed by atoms with Crippen molar-refractivity contribution in [1.29, 1.82) is 5.26 Å². The Morgan fingerprint density at radius 3 is 2.32 bits per heavy atom. The fourth-order valence-corrected chi connectivity index (χ4v) is 2.97. The van der Waals surface area contributed by atoms with Gasteiger partial charge in [-0.25, -0.2) is 0 Å². The zero-order chi connectivity index (χ0) is 17.8.